The predicted molar refractivity (Wildman–Crippen MR) is 84.6 cm³/mol. The molecule has 0 saturated heterocycles. The summed E-state index contributed by atoms with van der Waals surface area (Å²) in [5.74, 6) is -1.50. The smallest absolute Gasteiger partial charge is 0.338 e. The lowest BCUT2D eigenvalue weighted by Gasteiger charge is -2.15. The monoisotopic (exact) mass is 336 g/mol. The van der Waals surface area contributed by atoms with E-state index in [1.54, 1.807) is 6.07 Å². The van der Waals surface area contributed by atoms with Crippen LogP contribution in [-0.2, 0) is 4.74 Å². The minimum Gasteiger partial charge on any atom is -0.491 e. The van der Waals surface area contributed by atoms with Crippen molar-refractivity contribution in [1.82, 2.24) is 0 Å². The quantitative estimate of drug-likeness (QED) is 0.716. The maximum Gasteiger partial charge on any atom is 0.338 e. The van der Waals surface area contributed by atoms with Crippen LogP contribution in [0.5, 0.6) is 17.2 Å². The molecule has 2 aromatic rings. The molecule has 0 unspecified atom stereocenters. The molecule has 24 heavy (non-hydrogen) atoms. The molecule has 1 atom stereocenters. The molecule has 0 amide bonds. The van der Waals surface area contributed by atoms with Gasteiger partial charge in [-0.3, -0.25) is 0 Å². The maximum absolute atomic E-state index is 13.3. The molecule has 0 fully saturated rings. The Hall–Kier alpha value is -2.63. The van der Waals surface area contributed by atoms with Crippen LogP contribution >= 0.6 is 0 Å². The lowest BCUT2D eigenvalue weighted by atomic mass is 10.2. The second kappa shape index (κ2) is 7.77. The number of methoxy groups -OCH3 is 1. The SMILES string of the molecule is CC[C@H](C)Oc1cc(Oc2cc(F)cc(F)c2)cc(C(=O)OC)c1. The molecule has 0 saturated carbocycles. The Morgan fingerprint density at radius 1 is 1.00 bits per heavy atom. The maximum atomic E-state index is 13.3. The van der Waals surface area contributed by atoms with Crippen molar-refractivity contribution in [2.75, 3.05) is 7.11 Å². The third-order valence-electron chi connectivity index (χ3n) is 3.29. The molecular formula is C18H18F2O4. The zero-order valence-corrected chi connectivity index (χ0v) is 13.6. The Bertz CT molecular complexity index is 711. The first kappa shape index (κ1) is 17.7. The molecule has 0 spiro atoms. The second-order valence-corrected chi connectivity index (χ2v) is 5.23. The summed E-state index contributed by atoms with van der Waals surface area (Å²) in [5, 5.41) is 0. The van der Waals surface area contributed by atoms with Crippen LogP contribution in [0.4, 0.5) is 8.78 Å². The van der Waals surface area contributed by atoms with Crippen molar-refractivity contribution in [3.8, 4) is 17.2 Å². The number of rotatable bonds is 6. The second-order valence-electron chi connectivity index (χ2n) is 5.23. The number of ether oxygens (including phenoxy) is 3. The van der Waals surface area contributed by atoms with Crippen molar-refractivity contribution in [1.29, 1.82) is 0 Å². The molecule has 4 nitrogen and oxygen atoms in total. The lowest BCUT2D eigenvalue weighted by molar-refractivity contribution is 0.0599. The van der Waals surface area contributed by atoms with Gasteiger partial charge < -0.3 is 14.2 Å². The predicted octanol–water partition coefficient (Wildman–Crippen LogP) is 4.72. The van der Waals surface area contributed by atoms with Gasteiger partial charge in [0, 0.05) is 24.3 Å². The van der Waals surface area contributed by atoms with Gasteiger partial charge in [0.2, 0.25) is 0 Å². The number of benzene rings is 2. The largest absolute Gasteiger partial charge is 0.491 e. The Morgan fingerprint density at radius 3 is 2.17 bits per heavy atom. The molecule has 0 aliphatic carbocycles. The summed E-state index contributed by atoms with van der Waals surface area (Å²) in [6.45, 7) is 3.84. The summed E-state index contributed by atoms with van der Waals surface area (Å²) in [6, 6.07) is 7.32. The van der Waals surface area contributed by atoms with Crippen molar-refractivity contribution < 1.29 is 27.8 Å². The highest BCUT2D eigenvalue weighted by Gasteiger charge is 2.13. The van der Waals surface area contributed by atoms with Gasteiger partial charge in [-0.05, 0) is 25.5 Å². The van der Waals surface area contributed by atoms with Crippen molar-refractivity contribution >= 4 is 5.97 Å². The van der Waals surface area contributed by atoms with Gasteiger partial charge in [-0.15, -0.1) is 0 Å². The molecule has 2 aromatic carbocycles. The molecule has 0 aliphatic rings. The number of halogens is 2. The molecule has 0 aliphatic heterocycles. The van der Waals surface area contributed by atoms with E-state index in [1.165, 1.54) is 19.2 Å². The van der Waals surface area contributed by atoms with E-state index in [0.29, 0.717) is 5.75 Å². The first-order valence-corrected chi connectivity index (χ1v) is 7.45. The van der Waals surface area contributed by atoms with Crippen LogP contribution in [0.1, 0.15) is 30.6 Å². The van der Waals surface area contributed by atoms with Gasteiger partial charge >= 0.3 is 5.97 Å². The summed E-state index contributed by atoms with van der Waals surface area (Å²) in [7, 11) is 1.26. The Kier molecular flexibility index (Phi) is 5.73. The van der Waals surface area contributed by atoms with E-state index in [-0.39, 0.29) is 23.2 Å². The summed E-state index contributed by atoms with van der Waals surface area (Å²) in [6.07, 6.45) is 0.700. The van der Waals surface area contributed by atoms with Crippen molar-refractivity contribution in [3.63, 3.8) is 0 Å². The van der Waals surface area contributed by atoms with E-state index in [9.17, 15) is 13.6 Å². The van der Waals surface area contributed by atoms with Crippen LogP contribution in [0.2, 0.25) is 0 Å². The molecule has 0 radical (unpaired) electrons. The fourth-order valence-corrected chi connectivity index (χ4v) is 1.97. The van der Waals surface area contributed by atoms with Gasteiger partial charge in [0.1, 0.15) is 28.9 Å². The van der Waals surface area contributed by atoms with Crippen LogP contribution in [0.3, 0.4) is 0 Å². The van der Waals surface area contributed by atoms with Gasteiger partial charge in [0.05, 0.1) is 18.8 Å². The summed E-state index contributed by atoms with van der Waals surface area (Å²) in [5.41, 5.74) is 0.213. The first-order chi connectivity index (χ1) is 11.4. The number of esters is 1. The molecular weight excluding hydrogens is 318 g/mol. The van der Waals surface area contributed by atoms with Gasteiger partial charge in [-0.2, -0.15) is 0 Å². The fourth-order valence-electron chi connectivity index (χ4n) is 1.97. The van der Waals surface area contributed by atoms with Crippen LogP contribution in [0.25, 0.3) is 0 Å². The van der Waals surface area contributed by atoms with E-state index in [0.717, 1.165) is 24.6 Å². The molecule has 128 valence electrons. The summed E-state index contributed by atoms with van der Waals surface area (Å²) in [4.78, 5) is 11.8. The van der Waals surface area contributed by atoms with Crippen LogP contribution < -0.4 is 9.47 Å². The normalized spacial score (nSPS) is 11.7. The zero-order valence-electron chi connectivity index (χ0n) is 13.6. The van der Waals surface area contributed by atoms with Crippen molar-refractivity contribution in [2.45, 2.75) is 26.4 Å². The van der Waals surface area contributed by atoms with Crippen LogP contribution in [0, 0.1) is 11.6 Å². The van der Waals surface area contributed by atoms with Gasteiger partial charge in [-0.1, -0.05) is 6.92 Å². The topological polar surface area (TPSA) is 44.8 Å². The highest BCUT2D eigenvalue weighted by Crippen LogP contribution is 2.29. The van der Waals surface area contributed by atoms with Gasteiger partial charge in [0.25, 0.3) is 0 Å². The molecule has 0 N–H and O–H groups in total. The third kappa shape index (κ3) is 4.68. The third-order valence-corrected chi connectivity index (χ3v) is 3.29. The molecule has 2 rings (SSSR count). The Labute approximate surface area is 139 Å². The van der Waals surface area contributed by atoms with Gasteiger partial charge in [-0.25, -0.2) is 13.6 Å². The van der Waals surface area contributed by atoms with E-state index >= 15 is 0 Å². The highest BCUT2D eigenvalue weighted by atomic mass is 19.1. The van der Waals surface area contributed by atoms with Crippen molar-refractivity contribution in [3.05, 3.63) is 53.6 Å². The van der Waals surface area contributed by atoms with E-state index in [1.807, 2.05) is 13.8 Å². The first-order valence-electron chi connectivity index (χ1n) is 7.45. The number of hydrogen-bond acceptors (Lipinski definition) is 4. The zero-order chi connectivity index (χ0) is 17.7. The number of hydrogen-bond donors (Lipinski definition) is 0. The molecule has 0 bridgehead atoms. The number of carbonyl (C=O) groups is 1. The Morgan fingerprint density at radius 2 is 1.58 bits per heavy atom. The highest BCUT2D eigenvalue weighted by molar-refractivity contribution is 5.90. The fraction of sp³-hybridized carbons (Fsp3) is 0.278. The van der Waals surface area contributed by atoms with Gasteiger partial charge in [0.15, 0.2) is 0 Å². The minimum atomic E-state index is -0.759. The van der Waals surface area contributed by atoms with Crippen LogP contribution in [0.15, 0.2) is 36.4 Å². The van der Waals surface area contributed by atoms with Crippen LogP contribution in [-0.4, -0.2) is 19.2 Å². The molecule has 6 heteroatoms. The standard InChI is InChI=1S/C18H18F2O4/c1-4-11(2)23-15-5-12(18(21)22-3)6-16(10-15)24-17-8-13(19)7-14(20)9-17/h5-11H,4H2,1-3H3/t11-/m0/s1. The van der Waals surface area contributed by atoms with Crippen molar-refractivity contribution in [2.24, 2.45) is 0 Å². The van der Waals surface area contributed by atoms with E-state index in [4.69, 9.17) is 14.2 Å². The minimum absolute atomic E-state index is 0.0241. The average Bonchev–Trinajstić information content (AvgIpc) is 2.52. The molecule has 0 aromatic heterocycles. The van der Waals surface area contributed by atoms with E-state index in [2.05, 4.69) is 0 Å². The summed E-state index contributed by atoms with van der Waals surface area (Å²) < 4.78 is 42.4. The number of carbonyl (C=O) groups excluding carboxylic acids is 1. The average molecular weight is 336 g/mol. The Balaban J connectivity index is 2.36. The lowest BCUT2D eigenvalue weighted by Crippen LogP contribution is -2.10. The molecule has 0 heterocycles. The summed E-state index contributed by atoms with van der Waals surface area (Å²) >= 11 is 0. The van der Waals surface area contributed by atoms with E-state index < -0.39 is 17.6 Å².